The molecule has 4 rings (SSSR count). The first-order valence-electron chi connectivity index (χ1n) is 8.11. The standard InChI is InChI=1S/C19H18FN3S/c1-13-5-4-7-16(11-13)23-18(14-9-10-14)21-22-19(23)24-12-15-6-2-3-8-17(15)20/h2-8,11,14H,9-10,12H2,1H3. The summed E-state index contributed by atoms with van der Waals surface area (Å²) < 4.78 is 16.0. The van der Waals surface area contributed by atoms with Gasteiger partial charge in [0.25, 0.3) is 0 Å². The third-order valence-corrected chi connectivity index (χ3v) is 5.15. The maximum absolute atomic E-state index is 13.9. The van der Waals surface area contributed by atoms with E-state index >= 15 is 0 Å². The summed E-state index contributed by atoms with van der Waals surface area (Å²) in [5.41, 5.74) is 2.97. The van der Waals surface area contributed by atoms with Crippen molar-refractivity contribution in [1.29, 1.82) is 0 Å². The van der Waals surface area contributed by atoms with Crippen LogP contribution in [0.5, 0.6) is 0 Å². The van der Waals surface area contributed by atoms with Crippen molar-refractivity contribution in [2.24, 2.45) is 0 Å². The molecule has 0 aliphatic heterocycles. The molecule has 0 radical (unpaired) electrons. The second-order valence-electron chi connectivity index (χ2n) is 6.17. The van der Waals surface area contributed by atoms with E-state index in [-0.39, 0.29) is 5.82 Å². The molecule has 1 aromatic heterocycles. The van der Waals surface area contributed by atoms with Crippen molar-refractivity contribution in [3.8, 4) is 5.69 Å². The fourth-order valence-electron chi connectivity index (χ4n) is 2.75. The minimum atomic E-state index is -0.172. The van der Waals surface area contributed by atoms with Gasteiger partial charge in [-0.1, -0.05) is 42.1 Å². The van der Waals surface area contributed by atoms with Gasteiger partial charge in [0.05, 0.1) is 0 Å². The van der Waals surface area contributed by atoms with Crippen molar-refractivity contribution in [3.63, 3.8) is 0 Å². The van der Waals surface area contributed by atoms with Gasteiger partial charge in [0.15, 0.2) is 5.16 Å². The molecule has 1 fully saturated rings. The second-order valence-corrected chi connectivity index (χ2v) is 7.11. The topological polar surface area (TPSA) is 30.7 Å². The van der Waals surface area contributed by atoms with E-state index in [1.165, 1.54) is 36.2 Å². The number of aryl methyl sites for hydroxylation is 1. The van der Waals surface area contributed by atoms with Gasteiger partial charge >= 0.3 is 0 Å². The van der Waals surface area contributed by atoms with Crippen LogP contribution in [0.1, 0.15) is 35.7 Å². The molecule has 3 aromatic rings. The lowest BCUT2D eigenvalue weighted by atomic mass is 10.2. The predicted octanol–water partition coefficient (Wildman–Crippen LogP) is 4.88. The zero-order valence-electron chi connectivity index (χ0n) is 13.4. The van der Waals surface area contributed by atoms with Crippen LogP contribution >= 0.6 is 11.8 Å². The van der Waals surface area contributed by atoms with E-state index in [1.807, 2.05) is 18.2 Å². The first kappa shape index (κ1) is 15.4. The van der Waals surface area contributed by atoms with Crippen molar-refractivity contribution >= 4 is 11.8 Å². The minimum absolute atomic E-state index is 0.172. The Bertz CT molecular complexity index is 871. The second kappa shape index (κ2) is 6.40. The Balaban J connectivity index is 1.67. The smallest absolute Gasteiger partial charge is 0.196 e. The third kappa shape index (κ3) is 3.08. The first-order valence-corrected chi connectivity index (χ1v) is 9.09. The van der Waals surface area contributed by atoms with Gasteiger partial charge in [-0.15, -0.1) is 10.2 Å². The number of nitrogens with zero attached hydrogens (tertiary/aromatic N) is 3. The lowest BCUT2D eigenvalue weighted by molar-refractivity contribution is 0.617. The summed E-state index contributed by atoms with van der Waals surface area (Å²) in [4.78, 5) is 0. The van der Waals surface area contributed by atoms with Crippen LogP contribution in [0.4, 0.5) is 4.39 Å². The molecule has 0 atom stereocenters. The number of halogens is 1. The summed E-state index contributed by atoms with van der Waals surface area (Å²) in [5, 5.41) is 9.62. The van der Waals surface area contributed by atoms with Crippen molar-refractivity contribution < 1.29 is 4.39 Å². The zero-order chi connectivity index (χ0) is 16.5. The highest BCUT2D eigenvalue weighted by atomic mass is 32.2. The van der Waals surface area contributed by atoms with Crippen LogP contribution in [0.3, 0.4) is 0 Å². The Hall–Kier alpha value is -2.14. The van der Waals surface area contributed by atoms with Crippen LogP contribution in [-0.2, 0) is 5.75 Å². The summed E-state index contributed by atoms with van der Waals surface area (Å²) in [6.45, 7) is 2.08. The third-order valence-electron chi connectivity index (χ3n) is 4.18. The molecule has 1 saturated carbocycles. The maximum Gasteiger partial charge on any atom is 0.196 e. The minimum Gasteiger partial charge on any atom is -0.274 e. The number of benzene rings is 2. The molecule has 24 heavy (non-hydrogen) atoms. The van der Waals surface area contributed by atoms with E-state index in [1.54, 1.807) is 6.07 Å². The molecule has 0 saturated heterocycles. The largest absolute Gasteiger partial charge is 0.274 e. The SMILES string of the molecule is Cc1cccc(-n2c(SCc3ccccc3F)nnc2C2CC2)c1. The van der Waals surface area contributed by atoms with Gasteiger partial charge < -0.3 is 0 Å². The number of hydrogen-bond donors (Lipinski definition) is 0. The molecule has 2 aromatic carbocycles. The van der Waals surface area contributed by atoms with Gasteiger partial charge in [-0.2, -0.15) is 0 Å². The Kier molecular flexibility index (Phi) is 4.10. The van der Waals surface area contributed by atoms with E-state index in [0.29, 0.717) is 17.2 Å². The highest BCUT2D eigenvalue weighted by Gasteiger charge is 2.31. The Labute approximate surface area is 144 Å². The van der Waals surface area contributed by atoms with Crippen LogP contribution in [0.25, 0.3) is 5.69 Å². The molecule has 5 heteroatoms. The number of thioether (sulfide) groups is 1. The Morgan fingerprint density at radius 1 is 1.12 bits per heavy atom. The van der Waals surface area contributed by atoms with Crippen molar-refractivity contribution in [3.05, 3.63) is 71.3 Å². The van der Waals surface area contributed by atoms with Crippen molar-refractivity contribution in [2.45, 2.75) is 36.6 Å². The van der Waals surface area contributed by atoms with Gasteiger partial charge in [0.1, 0.15) is 11.6 Å². The summed E-state index contributed by atoms with van der Waals surface area (Å²) in [6.07, 6.45) is 2.34. The van der Waals surface area contributed by atoms with Crippen LogP contribution in [0.2, 0.25) is 0 Å². The number of aromatic nitrogens is 3. The fraction of sp³-hybridized carbons (Fsp3) is 0.263. The van der Waals surface area contributed by atoms with E-state index in [4.69, 9.17) is 0 Å². The summed E-state index contributed by atoms with van der Waals surface area (Å²) in [5.74, 6) is 1.90. The van der Waals surface area contributed by atoms with Crippen molar-refractivity contribution in [2.75, 3.05) is 0 Å². The van der Waals surface area contributed by atoms with Crippen molar-refractivity contribution in [1.82, 2.24) is 14.8 Å². The monoisotopic (exact) mass is 339 g/mol. The average molecular weight is 339 g/mol. The molecule has 122 valence electrons. The molecule has 1 aliphatic carbocycles. The fourth-order valence-corrected chi connectivity index (χ4v) is 3.69. The summed E-state index contributed by atoms with van der Waals surface area (Å²) in [7, 11) is 0. The van der Waals surface area contributed by atoms with E-state index in [9.17, 15) is 4.39 Å². The molecule has 3 nitrogen and oxygen atoms in total. The molecule has 0 spiro atoms. The lowest BCUT2D eigenvalue weighted by Crippen LogP contribution is -2.02. The van der Waals surface area contributed by atoms with Crippen LogP contribution in [-0.4, -0.2) is 14.8 Å². The average Bonchev–Trinajstić information content (AvgIpc) is 3.34. The van der Waals surface area contributed by atoms with Gasteiger partial charge in [0.2, 0.25) is 0 Å². The molecular formula is C19H18FN3S. The zero-order valence-corrected chi connectivity index (χ0v) is 14.3. The molecule has 0 bridgehead atoms. The van der Waals surface area contributed by atoms with Gasteiger partial charge in [-0.25, -0.2) is 4.39 Å². The molecule has 1 aliphatic rings. The van der Waals surface area contributed by atoms with E-state index in [0.717, 1.165) is 16.7 Å². The van der Waals surface area contributed by atoms with Crippen LogP contribution in [0.15, 0.2) is 53.7 Å². The van der Waals surface area contributed by atoms with Gasteiger partial charge in [-0.3, -0.25) is 4.57 Å². The van der Waals surface area contributed by atoms with Gasteiger partial charge in [0, 0.05) is 17.4 Å². The summed E-state index contributed by atoms with van der Waals surface area (Å²) >= 11 is 1.53. The normalized spacial score (nSPS) is 14.1. The Morgan fingerprint density at radius 3 is 2.71 bits per heavy atom. The summed E-state index contributed by atoms with van der Waals surface area (Å²) in [6, 6.07) is 15.2. The molecular weight excluding hydrogens is 321 g/mol. The molecule has 1 heterocycles. The first-order chi connectivity index (χ1) is 11.7. The maximum atomic E-state index is 13.9. The van der Waals surface area contributed by atoms with E-state index < -0.39 is 0 Å². The Morgan fingerprint density at radius 2 is 1.96 bits per heavy atom. The predicted molar refractivity (Wildman–Crippen MR) is 94.0 cm³/mol. The number of hydrogen-bond acceptors (Lipinski definition) is 3. The van der Waals surface area contributed by atoms with Crippen LogP contribution in [0, 0.1) is 12.7 Å². The molecule has 0 unspecified atom stereocenters. The van der Waals surface area contributed by atoms with Gasteiger partial charge in [-0.05, 0) is 49.1 Å². The highest BCUT2D eigenvalue weighted by Crippen LogP contribution is 2.41. The van der Waals surface area contributed by atoms with E-state index in [2.05, 4.69) is 39.9 Å². The van der Waals surface area contributed by atoms with Crippen LogP contribution < -0.4 is 0 Å². The number of rotatable bonds is 5. The molecule has 0 amide bonds. The quantitative estimate of drug-likeness (QED) is 0.620. The highest BCUT2D eigenvalue weighted by molar-refractivity contribution is 7.98. The molecule has 0 N–H and O–H groups in total. The lowest BCUT2D eigenvalue weighted by Gasteiger charge is -2.10.